The maximum absolute atomic E-state index is 13.2. The van der Waals surface area contributed by atoms with Crippen LogP contribution in [0.3, 0.4) is 0 Å². The normalized spacial score (nSPS) is 18.4. The van der Waals surface area contributed by atoms with Gasteiger partial charge < -0.3 is 20.6 Å². The minimum absolute atomic E-state index is 0.336. The van der Waals surface area contributed by atoms with Crippen molar-refractivity contribution in [2.24, 2.45) is 5.92 Å². The van der Waals surface area contributed by atoms with E-state index in [9.17, 15) is 13.2 Å². The van der Waals surface area contributed by atoms with Gasteiger partial charge in [0.1, 0.15) is 5.82 Å². The first kappa shape index (κ1) is 24.0. The van der Waals surface area contributed by atoms with E-state index in [2.05, 4.69) is 42.4 Å². The highest BCUT2D eigenvalue weighted by atomic mass is 32.2. The maximum Gasteiger partial charge on any atom is 0.258 e. The molecule has 0 saturated carbocycles. The Balaban J connectivity index is 1.67. The van der Waals surface area contributed by atoms with Gasteiger partial charge in [-0.2, -0.15) is 4.98 Å². The summed E-state index contributed by atoms with van der Waals surface area (Å²) >= 11 is 0. The predicted octanol–water partition coefficient (Wildman–Crippen LogP) is 2.44. The van der Waals surface area contributed by atoms with Crippen LogP contribution in [-0.4, -0.2) is 61.4 Å². The Morgan fingerprint density at radius 3 is 2.79 bits per heavy atom. The number of carbonyl (C=O) groups is 1. The lowest BCUT2D eigenvalue weighted by atomic mass is 9.92. The summed E-state index contributed by atoms with van der Waals surface area (Å²) in [6, 6.07) is 6.48. The standard InChI is InChI=1S/C23H30N6O4S/c30-14-15-34(32,33)28-18-5-6-19-20(16-18)29-12-8-17(9-13-29)4-2-1-3-10-24-23-25-11-7-21(27-23)26-22(19)31/h1-2,5-7,11,16-17,28,30H,3-4,8-10,12-15H2,(H2,24,25,26,27,31)/b2-1+. The molecular weight excluding hydrogens is 456 g/mol. The van der Waals surface area contributed by atoms with Crippen molar-refractivity contribution >= 4 is 39.1 Å². The molecule has 4 heterocycles. The lowest BCUT2D eigenvalue weighted by molar-refractivity contribution is 0.102. The first-order valence-electron chi connectivity index (χ1n) is 11.5. The summed E-state index contributed by atoms with van der Waals surface area (Å²) in [5, 5.41) is 15.0. The number of hydrogen-bond donors (Lipinski definition) is 4. The zero-order valence-corrected chi connectivity index (χ0v) is 19.7. The Kier molecular flexibility index (Phi) is 7.63. The fraction of sp³-hybridized carbons (Fsp3) is 0.435. The number of benzene rings is 1. The van der Waals surface area contributed by atoms with Crippen molar-refractivity contribution in [3.05, 3.63) is 48.2 Å². The molecule has 1 amide bonds. The number of nitrogens with zero attached hydrogens (tertiary/aromatic N) is 3. The van der Waals surface area contributed by atoms with E-state index < -0.39 is 22.4 Å². The number of hydrogen-bond acceptors (Lipinski definition) is 8. The molecule has 1 fully saturated rings. The Labute approximate surface area is 199 Å². The molecule has 1 aromatic carbocycles. The molecule has 1 saturated heterocycles. The third-order valence-corrected chi connectivity index (χ3v) is 7.23. The van der Waals surface area contributed by atoms with Crippen LogP contribution in [0, 0.1) is 5.92 Å². The third-order valence-electron chi connectivity index (χ3n) is 5.96. The van der Waals surface area contributed by atoms with E-state index in [1.54, 1.807) is 30.5 Å². The molecular formula is C23H30N6O4S. The number of rotatable bonds is 4. The summed E-state index contributed by atoms with van der Waals surface area (Å²) in [6.45, 7) is 1.76. The highest BCUT2D eigenvalue weighted by Crippen LogP contribution is 2.31. The molecule has 3 aliphatic heterocycles. The Morgan fingerprint density at radius 1 is 1.18 bits per heavy atom. The molecule has 0 atom stereocenters. The minimum Gasteiger partial charge on any atom is -0.395 e. The molecule has 182 valence electrons. The largest absolute Gasteiger partial charge is 0.395 e. The van der Waals surface area contributed by atoms with Crippen molar-refractivity contribution in [1.29, 1.82) is 0 Å². The number of amides is 1. The molecule has 10 nitrogen and oxygen atoms in total. The molecule has 1 aromatic heterocycles. The highest BCUT2D eigenvalue weighted by molar-refractivity contribution is 7.92. The molecule has 0 spiro atoms. The summed E-state index contributed by atoms with van der Waals surface area (Å²) in [4.78, 5) is 23.9. The smallest absolute Gasteiger partial charge is 0.258 e. The molecule has 4 N–H and O–H groups in total. The van der Waals surface area contributed by atoms with Gasteiger partial charge in [-0.3, -0.25) is 9.52 Å². The zero-order valence-electron chi connectivity index (χ0n) is 18.9. The molecule has 5 rings (SSSR count). The summed E-state index contributed by atoms with van der Waals surface area (Å²) in [5.41, 5.74) is 1.44. The van der Waals surface area contributed by atoms with Gasteiger partial charge in [-0.25, -0.2) is 13.4 Å². The molecule has 0 aliphatic carbocycles. The van der Waals surface area contributed by atoms with Crippen LogP contribution in [0.2, 0.25) is 0 Å². The molecule has 2 aromatic rings. The van der Waals surface area contributed by atoms with Gasteiger partial charge in [0.2, 0.25) is 16.0 Å². The Bertz CT molecular complexity index is 1150. The lowest BCUT2D eigenvalue weighted by Crippen LogP contribution is -2.35. The summed E-state index contributed by atoms with van der Waals surface area (Å²) in [7, 11) is -3.69. The van der Waals surface area contributed by atoms with Crippen molar-refractivity contribution in [3.8, 4) is 0 Å². The second kappa shape index (κ2) is 10.8. The second-order valence-electron chi connectivity index (χ2n) is 8.45. The number of anilines is 4. The van der Waals surface area contributed by atoms with E-state index >= 15 is 0 Å². The van der Waals surface area contributed by atoms with E-state index in [1.165, 1.54) is 0 Å². The van der Waals surface area contributed by atoms with Gasteiger partial charge in [0.25, 0.3) is 5.91 Å². The quantitative estimate of drug-likeness (QED) is 0.484. The zero-order chi connectivity index (χ0) is 24.0. The van der Waals surface area contributed by atoms with Gasteiger partial charge in [-0.05, 0) is 55.9 Å². The van der Waals surface area contributed by atoms with Crippen molar-refractivity contribution in [1.82, 2.24) is 9.97 Å². The minimum atomic E-state index is -3.69. The van der Waals surface area contributed by atoms with E-state index in [-0.39, 0.29) is 5.91 Å². The summed E-state index contributed by atoms with van der Waals surface area (Å²) < 4.78 is 26.8. The number of fused-ring (bicyclic) bond motifs is 7. The first-order valence-corrected chi connectivity index (χ1v) is 13.1. The van der Waals surface area contributed by atoms with Crippen molar-refractivity contribution in [3.63, 3.8) is 0 Å². The van der Waals surface area contributed by atoms with Crippen LogP contribution in [0.1, 0.15) is 36.0 Å². The highest BCUT2D eigenvalue weighted by Gasteiger charge is 2.24. The van der Waals surface area contributed by atoms with Crippen LogP contribution in [0.15, 0.2) is 42.6 Å². The van der Waals surface area contributed by atoms with Crippen LogP contribution in [0.4, 0.5) is 23.1 Å². The second-order valence-corrected chi connectivity index (χ2v) is 10.3. The number of aliphatic hydroxyl groups is 1. The average Bonchev–Trinajstić information content (AvgIpc) is 2.81. The van der Waals surface area contributed by atoms with Crippen LogP contribution in [0.5, 0.6) is 0 Å². The van der Waals surface area contributed by atoms with Crippen LogP contribution in [0.25, 0.3) is 0 Å². The number of allylic oxidation sites excluding steroid dienone is 1. The molecule has 34 heavy (non-hydrogen) atoms. The molecule has 3 aliphatic rings. The monoisotopic (exact) mass is 486 g/mol. The Hall–Kier alpha value is -3.18. The summed E-state index contributed by atoms with van der Waals surface area (Å²) in [5.74, 6) is 0.650. The van der Waals surface area contributed by atoms with Crippen molar-refractivity contribution in [2.75, 3.05) is 52.2 Å². The molecule has 0 radical (unpaired) electrons. The van der Waals surface area contributed by atoms with Gasteiger partial charge in [0, 0.05) is 25.8 Å². The fourth-order valence-electron chi connectivity index (χ4n) is 4.18. The number of piperidine rings is 1. The van der Waals surface area contributed by atoms with E-state index in [0.29, 0.717) is 41.2 Å². The van der Waals surface area contributed by atoms with Gasteiger partial charge in [-0.15, -0.1) is 0 Å². The van der Waals surface area contributed by atoms with E-state index in [4.69, 9.17) is 5.11 Å². The number of sulfonamides is 1. The fourth-order valence-corrected chi connectivity index (χ4v) is 5.01. The summed E-state index contributed by atoms with van der Waals surface area (Å²) in [6.07, 6.45) is 9.81. The van der Waals surface area contributed by atoms with Crippen molar-refractivity contribution in [2.45, 2.75) is 25.7 Å². The molecule has 4 bridgehead atoms. The Morgan fingerprint density at radius 2 is 2.00 bits per heavy atom. The van der Waals surface area contributed by atoms with Gasteiger partial charge in [-0.1, -0.05) is 12.2 Å². The molecule has 11 heteroatoms. The van der Waals surface area contributed by atoms with Crippen LogP contribution < -0.4 is 20.3 Å². The third kappa shape index (κ3) is 6.23. The van der Waals surface area contributed by atoms with E-state index in [0.717, 1.165) is 38.8 Å². The average molecular weight is 487 g/mol. The lowest BCUT2D eigenvalue weighted by Gasteiger charge is -2.34. The van der Waals surface area contributed by atoms with Crippen molar-refractivity contribution < 1.29 is 18.3 Å². The number of carbonyl (C=O) groups excluding carboxylic acids is 1. The van der Waals surface area contributed by atoms with Crippen LogP contribution >= 0.6 is 0 Å². The number of aromatic nitrogens is 2. The molecule has 0 unspecified atom stereocenters. The maximum atomic E-state index is 13.2. The van der Waals surface area contributed by atoms with Gasteiger partial charge >= 0.3 is 0 Å². The van der Waals surface area contributed by atoms with Gasteiger partial charge in [0.15, 0.2) is 0 Å². The predicted molar refractivity (Wildman–Crippen MR) is 133 cm³/mol. The van der Waals surface area contributed by atoms with E-state index in [1.807, 2.05) is 0 Å². The SMILES string of the molecule is O=C1Nc2ccnc(n2)NCC/C=C/CC2CCN(CC2)c2cc(NS(=O)(=O)CCO)ccc21. The van der Waals surface area contributed by atoms with Crippen LogP contribution in [-0.2, 0) is 10.0 Å². The first-order chi connectivity index (χ1) is 16.4. The topological polar surface area (TPSA) is 137 Å². The number of aliphatic hydroxyl groups excluding tert-OH is 1. The van der Waals surface area contributed by atoms with Gasteiger partial charge in [0.05, 0.1) is 29.3 Å². The number of nitrogens with one attached hydrogen (secondary N) is 3.